The molecule has 1 aliphatic rings. The van der Waals surface area contributed by atoms with Crippen molar-refractivity contribution in [2.75, 3.05) is 13.1 Å². The summed E-state index contributed by atoms with van der Waals surface area (Å²) in [5.41, 5.74) is 0. The highest BCUT2D eigenvalue weighted by Gasteiger charge is 2.23. The van der Waals surface area contributed by atoms with E-state index in [4.69, 9.17) is 4.43 Å². The van der Waals surface area contributed by atoms with Gasteiger partial charge >= 0.3 is 0 Å². The summed E-state index contributed by atoms with van der Waals surface area (Å²) in [6.07, 6.45) is 2.84. The molecule has 0 aromatic heterocycles. The second-order valence-corrected chi connectivity index (χ2v) is 9.41. The maximum Gasteiger partial charge on any atom is 0.292 e. The first-order chi connectivity index (χ1) is 6.47. The zero-order valence-corrected chi connectivity index (χ0v) is 10.4. The predicted octanol–water partition coefficient (Wildman–Crippen LogP) is 1.75. The molecule has 14 heavy (non-hydrogen) atoms. The molecule has 0 saturated carbocycles. The van der Waals surface area contributed by atoms with Crippen molar-refractivity contribution in [3.05, 3.63) is 0 Å². The fraction of sp³-hybridized carbons (Fsp3) is 0.900. The summed E-state index contributed by atoms with van der Waals surface area (Å²) in [5, 5.41) is 3.29. The van der Waals surface area contributed by atoms with E-state index < -0.39 is 8.32 Å². The minimum Gasteiger partial charge on any atom is -0.520 e. The molecular weight excluding hydrogens is 194 g/mol. The largest absolute Gasteiger partial charge is 0.520 e. The molecule has 0 aliphatic carbocycles. The molecule has 1 heterocycles. The van der Waals surface area contributed by atoms with E-state index in [-0.39, 0.29) is 5.97 Å². The number of hydrogen-bond acceptors (Lipinski definition) is 3. The van der Waals surface area contributed by atoms with Crippen LogP contribution >= 0.6 is 0 Å². The van der Waals surface area contributed by atoms with E-state index in [2.05, 4.69) is 5.32 Å². The number of hydrogen-bond donors (Lipinski definition) is 1. The predicted molar refractivity (Wildman–Crippen MR) is 59.6 cm³/mol. The van der Waals surface area contributed by atoms with Crippen LogP contribution < -0.4 is 5.32 Å². The van der Waals surface area contributed by atoms with Gasteiger partial charge in [0.05, 0.1) is 0 Å². The molecule has 0 aromatic carbocycles. The average Bonchev–Trinajstić information content (AvgIpc) is 2.02. The van der Waals surface area contributed by atoms with E-state index >= 15 is 0 Å². The molecule has 1 aliphatic heterocycles. The van der Waals surface area contributed by atoms with E-state index in [9.17, 15) is 4.79 Å². The van der Waals surface area contributed by atoms with Crippen LogP contribution in [-0.2, 0) is 9.22 Å². The van der Waals surface area contributed by atoms with Crippen LogP contribution in [0.4, 0.5) is 0 Å². The number of nitrogens with one attached hydrogen (secondary N) is 1. The lowest BCUT2D eigenvalue weighted by molar-refractivity contribution is -0.136. The van der Waals surface area contributed by atoms with Crippen LogP contribution in [0.1, 0.15) is 19.3 Å². The van der Waals surface area contributed by atoms with Gasteiger partial charge in [0.1, 0.15) is 0 Å². The lowest BCUT2D eigenvalue weighted by Gasteiger charge is -2.24. The monoisotopic (exact) mass is 215 g/mol. The van der Waals surface area contributed by atoms with Gasteiger partial charge < -0.3 is 9.74 Å². The molecule has 0 aromatic rings. The number of piperidine rings is 1. The third-order valence-electron chi connectivity index (χ3n) is 2.33. The van der Waals surface area contributed by atoms with Crippen LogP contribution in [-0.4, -0.2) is 27.4 Å². The molecule has 0 bridgehead atoms. The Labute approximate surface area is 87.3 Å². The van der Waals surface area contributed by atoms with Crippen LogP contribution in [0.5, 0.6) is 0 Å². The second kappa shape index (κ2) is 4.93. The fourth-order valence-corrected chi connectivity index (χ4v) is 2.47. The highest BCUT2D eigenvalue weighted by Crippen LogP contribution is 2.17. The summed E-state index contributed by atoms with van der Waals surface area (Å²) < 4.78 is 5.42. The summed E-state index contributed by atoms with van der Waals surface area (Å²) in [6.45, 7) is 8.24. The standard InChI is InChI=1S/C10H21NO2Si/c1-14(2,3)13-10(12)8-9-4-6-11-7-5-9/h9,11H,4-8H2,1-3H3. The highest BCUT2D eigenvalue weighted by atomic mass is 28.4. The Kier molecular flexibility index (Phi) is 4.13. The number of carbonyl (C=O) groups excluding carboxylic acids is 1. The van der Waals surface area contributed by atoms with Gasteiger partial charge in [-0.25, -0.2) is 0 Å². The molecule has 1 saturated heterocycles. The van der Waals surface area contributed by atoms with Crippen molar-refractivity contribution in [1.82, 2.24) is 5.32 Å². The molecule has 0 atom stereocenters. The molecule has 4 heteroatoms. The van der Waals surface area contributed by atoms with Gasteiger partial charge in [0.15, 0.2) is 0 Å². The first-order valence-corrected chi connectivity index (χ1v) is 8.81. The van der Waals surface area contributed by atoms with Crippen LogP contribution in [0.2, 0.25) is 19.6 Å². The van der Waals surface area contributed by atoms with Gasteiger partial charge in [-0.05, 0) is 51.5 Å². The summed E-state index contributed by atoms with van der Waals surface area (Å²) in [5.74, 6) is 0.552. The average molecular weight is 215 g/mol. The van der Waals surface area contributed by atoms with E-state index in [1.807, 2.05) is 19.6 Å². The van der Waals surface area contributed by atoms with Gasteiger partial charge in [0.25, 0.3) is 5.97 Å². The summed E-state index contributed by atoms with van der Waals surface area (Å²) in [7, 11) is -1.67. The molecule has 0 radical (unpaired) electrons. The minimum absolute atomic E-state index is 0.0102. The smallest absolute Gasteiger partial charge is 0.292 e. The lowest BCUT2D eigenvalue weighted by atomic mass is 9.95. The second-order valence-electron chi connectivity index (χ2n) is 4.98. The van der Waals surface area contributed by atoms with Crippen molar-refractivity contribution in [2.24, 2.45) is 5.92 Å². The highest BCUT2D eigenvalue weighted by molar-refractivity contribution is 6.71. The van der Waals surface area contributed by atoms with Gasteiger partial charge in [-0.1, -0.05) is 0 Å². The Morgan fingerprint density at radius 3 is 2.43 bits per heavy atom. The number of rotatable bonds is 3. The Morgan fingerprint density at radius 2 is 1.93 bits per heavy atom. The molecule has 0 unspecified atom stereocenters. The molecule has 3 nitrogen and oxygen atoms in total. The van der Waals surface area contributed by atoms with Crippen molar-refractivity contribution in [1.29, 1.82) is 0 Å². The normalized spacial score (nSPS) is 19.4. The van der Waals surface area contributed by atoms with Crippen LogP contribution in [0.25, 0.3) is 0 Å². The summed E-state index contributed by atoms with van der Waals surface area (Å²) in [6, 6.07) is 0. The van der Waals surface area contributed by atoms with E-state index in [0.717, 1.165) is 25.9 Å². The van der Waals surface area contributed by atoms with Gasteiger partial charge in [-0.3, -0.25) is 4.79 Å². The van der Waals surface area contributed by atoms with Crippen LogP contribution in [0, 0.1) is 5.92 Å². The van der Waals surface area contributed by atoms with Crippen molar-refractivity contribution in [3.8, 4) is 0 Å². The van der Waals surface area contributed by atoms with Crippen LogP contribution in [0.15, 0.2) is 0 Å². The molecule has 0 amide bonds. The van der Waals surface area contributed by atoms with E-state index in [1.165, 1.54) is 0 Å². The van der Waals surface area contributed by atoms with E-state index in [0.29, 0.717) is 12.3 Å². The maximum atomic E-state index is 11.5. The zero-order valence-electron chi connectivity index (χ0n) is 9.43. The maximum absolute atomic E-state index is 11.5. The lowest BCUT2D eigenvalue weighted by Crippen LogP contribution is -2.33. The molecule has 0 spiro atoms. The third-order valence-corrected chi connectivity index (χ3v) is 3.17. The van der Waals surface area contributed by atoms with Crippen molar-refractivity contribution < 1.29 is 9.22 Å². The molecule has 1 fully saturated rings. The van der Waals surface area contributed by atoms with Gasteiger partial charge in [-0.15, -0.1) is 0 Å². The van der Waals surface area contributed by atoms with Crippen molar-refractivity contribution in [3.63, 3.8) is 0 Å². The van der Waals surface area contributed by atoms with Gasteiger partial charge in [0.2, 0.25) is 8.32 Å². The Hall–Kier alpha value is -0.353. The van der Waals surface area contributed by atoms with Gasteiger partial charge in [0, 0.05) is 6.42 Å². The first-order valence-electron chi connectivity index (χ1n) is 5.40. The minimum atomic E-state index is -1.67. The fourth-order valence-electron chi connectivity index (χ4n) is 1.70. The van der Waals surface area contributed by atoms with Crippen LogP contribution in [0.3, 0.4) is 0 Å². The SMILES string of the molecule is C[Si](C)(C)OC(=O)CC1CCNCC1. The topological polar surface area (TPSA) is 38.3 Å². The Morgan fingerprint density at radius 1 is 1.36 bits per heavy atom. The molecular formula is C10H21NO2Si. The Balaban J connectivity index is 2.25. The zero-order chi connectivity index (χ0) is 10.6. The number of carbonyl (C=O) groups is 1. The first kappa shape index (κ1) is 11.7. The van der Waals surface area contributed by atoms with Crippen molar-refractivity contribution >= 4 is 14.3 Å². The molecule has 1 N–H and O–H groups in total. The summed E-state index contributed by atoms with van der Waals surface area (Å²) in [4.78, 5) is 11.5. The molecule has 1 rings (SSSR count). The quantitative estimate of drug-likeness (QED) is 0.729. The molecule has 82 valence electrons. The van der Waals surface area contributed by atoms with Gasteiger partial charge in [-0.2, -0.15) is 0 Å². The third kappa shape index (κ3) is 4.76. The van der Waals surface area contributed by atoms with E-state index in [1.54, 1.807) is 0 Å². The van der Waals surface area contributed by atoms with Crippen molar-refractivity contribution in [2.45, 2.75) is 38.9 Å². The summed E-state index contributed by atoms with van der Waals surface area (Å²) >= 11 is 0. The Bertz CT molecular complexity index is 195.